The van der Waals surface area contributed by atoms with E-state index in [0.717, 1.165) is 6.54 Å². The van der Waals surface area contributed by atoms with Crippen molar-refractivity contribution in [2.45, 2.75) is 32.2 Å². The Balaban J connectivity index is 2.36. The minimum atomic E-state index is -3.71. The van der Waals surface area contributed by atoms with E-state index in [1.807, 2.05) is 6.92 Å². The molecule has 0 unspecified atom stereocenters. The first-order chi connectivity index (χ1) is 9.95. The van der Waals surface area contributed by atoms with E-state index in [2.05, 4.69) is 25.2 Å². The highest BCUT2D eigenvalue weighted by atomic mass is 32.2. The van der Waals surface area contributed by atoms with Crippen molar-refractivity contribution in [1.82, 2.24) is 20.5 Å². The highest BCUT2D eigenvalue weighted by molar-refractivity contribution is 7.92. The number of aromatic nitrogens is 3. The standard InChI is InChI=1S/C13H19N5O2S/c1-4-14-8-12-13(10(3)16-17-12)21(19,20)18-11-6-5-7-15-9(11)2/h5-7,14,18H,4,8H2,1-3H3,(H,16,17). The van der Waals surface area contributed by atoms with Crippen LogP contribution < -0.4 is 10.0 Å². The molecule has 0 fully saturated rings. The van der Waals surface area contributed by atoms with Crippen molar-refractivity contribution in [3.8, 4) is 0 Å². The summed E-state index contributed by atoms with van der Waals surface area (Å²) < 4.78 is 27.8. The second kappa shape index (κ2) is 6.23. The number of hydrogen-bond acceptors (Lipinski definition) is 5. The van der Waals surface area contributed by atoms with Crippen molar-refractivity contribution in [1.29, 1.82) is 0 Å². The monoisotopic (exact) mass is 309 g/mol. The van der Waals surface area contributed by atoms with Crippen molar-refractivity contribution in [2.75, 3.05) is 11.3 Å². The molecule has 7 nitrogen and oxygen atoms in total. The number of H-pyrrole nitrogens is 1. The van der Waals surface area contributed by atoms with Gasteiger partial charge in [-0.3, -0.25) is 14.8 Å². The van der Waals surface area contributed by atoms with Gasteiger partial charge in [0.15, 0.2) is 0 Å². The van der Waals surface area contributed by atoms with E-state index in [0.29, 0.717) is 29.3 Å². The minimum absolute atomic E-state index is 0.187. The van der Waals surface area contributed by atoms with Crippen LogP contribution in [-0.2, 0) is 16.6 Å². The number of aromatic amines is 1. The Labute approximate surface area is 124 Å². The first kappa shape index (κ1) is 15.5. The normalized spacial score (nSPS) is 11.6. The molecular formula is C13H19N5O2S. The Hall–Kier alpha value is -1.93. The lowest BCUT2D eigenvalue weighted by atomic mass is 10.3. The van der Waals surface area contributed by atoms with E-state index in [1.165, 1.54) is 0 Å². The predicted octanol–water partition coefficient (Wildman–Crippen LogP) is 1.33. The molecule has 0 atom stereocenters. The molecule has 0 bridgehead atoms. The third kappa shape index (κ3) is 3.40. The zero-order chi connectivity index (χ0) is 15.5. The summed E-state index contributed by atoms with van der Waals surface area (Å²) in [6, 6.07) is 3.37. The van der Waals surface area contributed by atoms with E-state index in [1.54, 1.807) is 32.2 Å². The van der Waals surface area contributed by atoms with E-state index in [-0.39, 0.29) is 4.90 Å². The van der Waals surface area contributed by atoms with E-state index >= 15 is 0 Å². The van der Waals surface area contributed by atoms with Crippen molar-refractivity contribution in [3.63, 3.8) is 0 Å². The number of rotatable bonds is 6. The maximum atomic E-state index is 12.6. The van der Waals surface area contributed by atoms with Crippen LogP contribution in [0.25, 0.3) is 0 Å². The third-order valence-corrected chi connectivity index (χ3v) is 4.59. The van der Waals surface area contributed by atoms with Gasteiger partial charge in [0.2, 0.25) is 0 Å². The zero-order valence-electron chi connectivity index (χ0n) is 12.3. The molecule has 0 aliphatic rings. The fraction of sp³-hybridized carbons (Fsp3) is 0.385. The molecule has 0 aliphatic heterocycles. The van der Waals surface area contributed by atoms with Gasteiger partial charge in [0.05, 0.1) is 22.8 Å². The predicted molar refractivity (Wildman–Crippen MR) is 80.5 cm³/mol. The average Bonchev–Trinajstić information content (AvgIpc) is 2.81. The number of pyridine rings is 1. The van der Waals surface area contributed by atoms with Gasteiger partial charge in [0.25, 0.3) is 10.0 Å². The van der Waals surface area contributed by atoms with Crippen molar-refractivity contribution >= 4 is 15.7 Å². The van der Waals surface area contributed by atoms with Crippen LogP contribution in [0.1, 0.15) is 24.0 Å². The molecule has 0 aromatic carbocycles. The zero-order valence-corrected chi connectivity index (χ0v) is 13.1. The number of nitrogens with one attached hydrogen (secondary N) is 3. The molecule has 2 heterocycles. The van der Waals surface area contributed by atoms with Crippen LogP contribution >= 0.6 is 0 Å². The van der Waals surface area contributed by atoms with E-state index in [9.17, 15) is 8.42 Å². The molecule has 2 rings (SSSR count). The second-order valence-corrected chi connectivity index (χ2v) is 6.27. The van der Waals surface area contributed by atoms with Gasteiger partial charge in [-0.1, -0.05) is 6.92 Å². The first-order valence-electron chi connectivity index (χ1n) is 6.64. The number of hydrogen-bond donors (Lipinski definition) is 3. The molecule has 0 amide bonds. The molecule has 0 saturated heterocycles. The summed E-state index contributed by atoms with van der Waals surface area (Å²) in [5.74, 6) is 0. The van der Waals surface area contributed by atoms with Gasteiger partial charge in [-0.05, 0) is 32.5 Å². The summed E-state index contributed by atoms with van der Waals surface area (Å²) in [6.07, 6.45) is 1.62. The van der Waals surface area contributed by atoms with Crippen LogP contribution in [0.5, 0.6) is 0 Å². The van der Waals surface area contributed by atoms with E-state index in [4.69, 9.17) is 0 Å². The SMILES string of the molecule is CCNCc1n[nH]c(C)c1S(=O)(=O)Nc1cccnc1C. The van der Waals surface area contributed by atoms with Gasteiger partial charge in [-0.25, -0.2) is 8.42 Å². The Morgan fingerprint density at radius 3 is 2.76 bits per heavy atom. The number of nitrogens with zero attached hydrogens (tertiary/aromatic N) is 2. The number of sulfonamides is 1. The highest BCUT2D eigenvalue weighted by Crippen LogP contribution is 2.22. The van der Waals surface area contributed by atoms with Crippen molar-refractivity contribution in [2.24, 2.45) is 0 Å². The van der Waals surface area contributed by atoms with Crippen LogP contribution in [0.3, 0.4) is 0 Å². The van der Waals surface area contributed by atoms with Gasteiger partial charge >= 0.3 is 0 Å². The third-order valence-electron chi connectivity index (χ3n) is 3.02. The lowest BCUT2D eigenvalue weighted by Gasteiger charge is -2.10. The van der Waals surface area contributed by atoms with Gasteiger partial charge in [0, 0.05) is 12.7 Å². The minimum Gasteiger partial charge on any atom is -0.311 e. The van der Waals surface area contributed by atoms with Crippen molar-refractivity contribution in [3.05, 3.63) is 35.4 Å². The quantitative estimate of drug-likeness (QED) is 0.747. The summed E-state index contributed by atoms with van der Waals surface area (Å²) >= 11 is 0. The number of anilines is 1. The molecule has 114 valence electrons. The maximum absolute atomic E-state index is 12.6. The summed E-state index contributed by atoms with van der Waals surface area (Å²) in [5.41, 5.74) is 2.07. The number of aryl methyl sites for hydroxylation is 2. The Morgan fingerprint density at radius 1 is 1.33 bits per heavy atom. The van der Waals surface area contributed by atoms with Gasteiger partial charge in [0.1, 0.15) is 4.90 Å². The molecule has 8 heteroatoms. The van der Waals surface area contributed by atoms with Gasteiger partial charge < -0.3 is 5.32 Å². The molecule has 3 N–H and O–H groups in total. The van der Waals surface area contributed by atoms with Crippen molar-refractivity contribution < 1.29 is 8.42 Å². The fourth-order valence-corrected chi connectivity index (χ4v) is 3.46. The Bertz CT molecular complexity index is 724. The van der Waals surface area contributed by atoms with Gasteiger partial charge in [-0.15, -0.1) is 0 Å². The molecule has 0 saturated carbocycles. The Morgan fingerprint density at radius 2 is 2.10 bits per heavy atom. The lowest BCUT2D eigenvalue weighted by Crippen LogP contribution is -2.19. The fourth-order valence-electron chi connectivity index (χ4n) is 1.98. The first-order valence-corrected chi connectivity index (χ1v) is 8.13. The summed E-state index contributed by atoms with van der Waals surface area (Å²) in [7, 11) is -3.71. The largest absolute Gasteiger partial charge is 0.311 e. The molecule has 2 aromatic rings. The molecular weight excluding hydrogens is 290 g/mol. The van der Waals surface area contributed by atoms with Crippen LogP contribution in [0.4, 0.5) is 5.69 Å². The van der Waals surface area contributed by atoms with Crippen LogP contribution in [-0.4, -0.2) is 30.1 Å². The lowest BCUT2D eigenvalue weighted by molar-refractivity contribution is 0.597. The maximum Gasteiger partial charge on any atom is 0.265 e. The topological polar surface area (TPSA) is 99.8 Å². The molecule has 0 aliphatic carbocycles. The Kier molecular flexibility index (Phi) is 4.59. The summed E-state index contributed by atoms with van der Waals surface area (Å²) in [6.45, 7) is 6.52. The average molecular weight is 309 g/mol. The smallest absolute Gasteiger partial charge is 0.265 e. The molecule has 0 spiro atoms. The van der Waals surface area contributed by atoms with Crippen LogP contribution in [0, 0.1) is 13.8 Å². The van der Waals surface area contributed by atoms with Gasteiger partial charge in [-0.2, -0.15) is 5.10 Å². The molecule has 21 heavy (non-hydrogen) atoms. The summed E-state index contributed by atoms with van der Waals surface area (Å²) in [4.78, 5) is 4.26. The highest BCUT2D eigenvalue weighted by Gasteiger charge is 2.24. The van der Waals surface area contributed by atoms with Crippen LogP contribution in [0.15, 0.2) is 23.2 Å². The molecule has 2 aromatic heterocycles. The van der Waals surface area contributed by atoms with E-state index < -0.39 is 10.0 Å². The van der Waals surface area contributed by atoms with Crippen LogP contribution in [0.2, 0.25) is 0 Å². The summed E-state index contributed by atoms with van der Waals surface area (Å²) in [5, 5.41) is 9.87. The molecule has 0 radical (unpaired) electrons. The second-order valence-electron chi connectivity index (χ2n) is 4.65.